The Balaban J connectivity index is 1.98. The maximum atomic E-state index is 12.6. The van der Waals surface area contributed by atoms with Crippen molar-refractivity contribution in [1.29, 1.82) is 0 Å². The second kappa shape index (κ2) is 7.09. The Morgan fingerprint density at radius 1 is 1.38 bits per heavy atom. The molecule has 5 nitrogen and oxygen atoms in total. The summed E-state index contributed by atoms with van der Waals surface area (Å²) in [6, 6.07) is 3.56. The summed E-state index contributed by atoms with van der Waals surface area (Å²) in [4.78, 5) is 14.8. The number of ether oxygens (including phenoxy) is 1. The van der Waals surface area contributed by atoms with Gasteiger partial charge in [-0.15, -0.1) is 0 Å². The Morgan fingerprint density at radius 2 is 2.05 bits per heavy atom. The number of nitrogens with one attached hydrogen (secondary N) is 1. The molecule has 1 aliphatic rings. The second-order valence-electron chi connectivity index (χ2n) is 6.20. The van der Waals surface area contributed by atoms with E-state index in [0.29, 0.717) is 6.54 Å². The molecule has 1 saturated heterocycles. The zero-order chi connectivity index (χ0) is 15.4. The Kier molecular flexibility index (Phi) is 5.42. The first-order valence-corrected chi connectivity index (χ1v) is 7.67. The van der Waals surface area contributed by atoms with Crippen LogP contribution in [0.1, 0.15) is 33.5 Å². The molecule has 0 radical (unpaired) electrons. The molecule has 1 fully saturated rings. The van der Waals surface area contributed by atoms with Crippen LogP contribution in [0.15, 0.2) is 22.8 Å². The van der Waals surface area contributed by atoms with Crippen LogP contribution in [0.4, 0.5) is 0 Å². The summed E-state index contributed by atoms with van der Waals surface area (Å²) in [5.74, 6) is 1.08. The molecule has 3 atom stereocenters. The summed E-state index contributed by atoms with van der Waals surface area (Å²) in [6.45, 7) is 10.3. The van der Waals surface area contributed by atoms with Crippen molar-refractivity contribution in [3.63, 3.8) is 0 Å². The van der Waals surface area contributed by atoms with Crippen LogP contribution in [0.3, 0.4) is 0 Å². The Bertz CT molecular complexity index is 434. The van der Waals surface area contributed by atoms with Gasteiger partial charge in [0.25, 0.3) is 0 Å². The molecule has 1 N–H and O–H groups in total. The van der Waals surface area contributed by atoms with E-state index >= 15 is 0 Å². The van der Waals surface area contributed by atoms with Gasteiger partial charge in [-0.1, -0.05) is 13.8 Å². The first-order chi connectivity index (χ1) is 9.97. The van der Waals surface area contributed by atoms with Crippen LogP contribution >= 0.6 is 0 Å². The number of carbonyl (C=O) groups excluding carboxylic acids is 1. The monoisotopic (exact) mass is 294 g/mol. The third-order valence-corrected chi connectivity index (χ3v) is 3.76. The van der Waals surface area contributed by atoms with E-state index in [2.05, 4.69) is 37.9 Å². The smallest absolute Gasteiger partial charge is 0.238 e. The average Bonchev–Trinajstić information content (AvgIpc) is 2.87. The molecule has 2 heterocycles. The molecule has 1 aromatic rings. The molecule has 2 rings (SSSR count). The van der Waals surface area contributed by atoms with Gasteiger partial charge in [0.2, 0.25) is 5.91 Å². The van der Waals surface area contributed by atoms with Crippen molar-refractivity contribution in [2.75, 3.05) is 13.1 Å². The molecule has 0 saturated carbocycles. The van der Waals surface area contributed by atoms with Gasteiger partial charge in [-0.25, -0.2) is 0 Å². The second-order valence-corrected chi connectivity index (χ2v) is 6.20. The van der Waals surface area contributed by atoms with Crippen molar-refractivity contribution in [2.24, 2.45) is 5.92 Å². The Hall–Kier alpha value is -1.33. The van der Waals surface area contributed by atoms with Gasteiger partial charge in [-0.3, -0.25) is 9.69 Å². The molecule has 1 aliphatic heterocycles. The average molecular weight is 294 g/mol. The maximum absolute atomic E-state index is 12.6. The highest BCUT2D eigenvalue weighted by Gasteiger charge is 2.33. The van der Waals surface area contributed by atoms with E-state index in [1.807, 2.05) is 12.1 Å². The summed E-state index contributed by atoms with van der Waals surface area (Å²) in [7, 11) is 0. The summed E-state index contributed by atoms with van der Waals surface area (Å²) < 4.78 is 11.0. The van der Waals surface area contributed by atoms with Crippen molar-refractivity contribution in [3.8, 4) is 0 Å². The minimum Gasteiger partial charge on any atom is -0.467 e. The molecule has 0 bridgehead atoms. The summed E-state index contributed by atoms with van der Waals surface area (Å²) in [5, 5.41) is 2.98. The number of rotatable bonds is 5. The predicted octanol–water partition coefficient (Wildman–Crippen LogP) is 2.03. The molecule has 1 amide bonds. The number of hydrogen-bond acceptors (Lipinski definition) is 4. The normalized spacial score (nSPS) is 25.0. The van der Waals surface area contributed by atoms with Gasteiger partial charge in [0.15, 0.2) is 0 Å². The molecule has 0 spiro atoms. The van der Waals surface area contributed by atoms with Gasteiger partial charge >= 0.3 is 0 Å². The van der Waals surface area contributed by atoms with Gasteiger partial charge in [0.05, 0.1) is 31.1 Å². The van der Waals surface area contributed by atoms with Crippen LogP contribution in [-0.4, -0.2) is 42.1 Å². The largest absolute Gasteiger partial charge is 0.467 e. The summed E-state index contributed by atoms with van der Waals surface area (Å²) in [5.41, 5.74) is 0. The quantitative estimate of drug-likeness (QED) is 0.903. The van der Waals surface area contributed by atoms with Crippen LogP contribution < -0.4 is 5.32 Å². The molecule has 0 aromatic carbocycles. The maximum Gasteiger partial charge on any atom is 0.238 e. The predicted molar refractivity (Wildman–Crippen MR) is 80.8 cm³/mol. The van der Waals surface area contributed by atoms with Crippen LogP contribution in [0.2, 0.25) is 0 Å². The number of hydrogen-bond donors (Lipinski definition) is 1. The molecule has 118 valence electrons. The van der Waals surface area contributed by atoms with E-state index in [1.54, 1.807) is 6.26 Å². The van der Waals surface area contributed by atoms with Crippen LogP contribution in [0.25, 0.3) is 0 Å². The van der Waals surface area contributed by atoms with Crippen molar-refractivity contribution in [2.45, 2.75) is 52.5 Å². The lowest BCUT2D eigenvalue weighted by atomic mass is 9.99. The van der Waals surface area contributed by atoms with Crippen molar-refractivity contribution in [1.82, 2.24) is 10.2 Å². The Morgan fingerprint density at radius 3 is 2.57 bits per heavy atom. The highest BCUT2D eigenvalue weighted by atomic mass is 16.5. The molecular weight excluding hydrogens is 268 g/mol. The SMILES string of the molecule is CC(C)[C@@H](C(=O)NCc1ccco1)N1C[C@@H](C)O[C@H](C)C1. The summed E-state index contributed by atoms with van der Waals surface area (Å²) in [6.07, 6.45) is 1.94. The van der Waals surface area contributed by atoms with Gasteiger partial charge in [-0.05, 0) is 31.9 Å². The lowest BCUT2D eigenvalue weighted by molar-refractivity contribution is -0.135. The van der Waals surface area contributed by atoms with E-state index in [4.69, 9.17) is 9.15 Å². The third kappa shape index (κ3) is 4.32. The molecule has 0 aliphatic carbocycles. The minimum atomic E-state index is -0.131. The fourth-order valence-electron chi connectivity index (χ4n) is 3.03. The molecular formula is C16H26N2O3. The lowest BCUT2D eigenvalue weighted by Gasteiger charge is -2.40. The van der Waals surface area contributed by atoms with E-state index in [9.17, 15) is 4.79 Å². The molecule has 21 heavy (non-hydrogen) atoms. The number of carbonyl (C=O) groups is 1. The Labute approximate surface area is 126 Å². The fraction of sp³-hybridized carbons (Fsp3) is 0.688. The van der Waals surface area contributed by atoms with Gasteiger partial charge in [-0.2, -0.15) is 0 Å². The van der Waals surface area contributed by atoms with E-state index in [0.717, 1.165) is 18.8 Å². The fourth-order valence-corrected chi connectivity index (χ4v) is 3.03. The highest BCUT2D eigenvalue weighted by molar-refractivity contribution is 5.82. The number of nitrogens with zero attached hydrogens (tertiary/aromatic N) is 1. The van der Waals surface area contributed by atoms with Crippen LogP contribution in [0.5, 0.6) is 0 Å². The topological polar surface area (TPSA) is 54.7 Å². The van der Waals surface area contributed by atoms with Gasteiger partial charge in [0.1, 0.15) is 5.76 Å². The van der Waals surface area contributed by atoms with Gasteiger partial charge in [0, 0.05) is 13.1 Å². The zero-order valence-electron chi connectivity index (χ0n) is 13.3. The molecule has 1 aromatic heterocycles. The first kappa shape index (κ1) is 16.0. The first-order valence-electron chi connectivity index (χ1n) is 7.67. The van der Waals surface area contributed by atoms with Crippen LogP contribution in [-0.2, 0) is 16.1 Å². The van der Waals surface area contributed by atoms with Gasteiger partial charge < -0.3 is 14.5 Å². The van der Waals surface area contributed by atoms with Crippen LogP contribution in [0, 0.1) is 5.92 Å². The van der Waals surface area contributed by atoms with Crippen molar-refractivity contribution >= 4 is 5.91 Å². The third-order valence-electron chi connectivity index (χ3n) is 3.76. The van der Waals surface area contributed by atoms with E-state index in [1.165, 1.54) is 0 Å². The number of amides is 1. The zero-order valence-corrected chi connectivity index (χ0v) is 13.3. The van der Waals surface area contributed by atoms with Crippen molar-refractivity contribution < 1.29 is 13.9 Å². The van der Waals surface area contributed by atoms with Crippen molar-refractivity contribution in [3.05, 3.63) is 24.2 Å². The number of morpholine rings is 1. The molecule has 5 heteroatoms. The number of furan rings is 1. The summed E-state index contributed by atoms with van der Waals surface area (Å²) >= 11 is 0. The van der Waals surface area contributed by atoms with E-state index in [-0.39, 0.29) is 30.1 Å². The lowest BCUT2D eigenvalue weighted by Crippen LogP contribution is -2.56. The van der Waals surface area contributed by atoms with E-state index < -0.39 is 0 Å². The molecule has 0 unspecified atom stereocenters. The minimum absolute atomic E-state index is 0.0581. The highest BCUT2D eigenvalue weighted by Crippen LogP contribution is 2.18. The standard InChI is InChI=1S/C16H26N2O3/c1-11(2)15(18-9-12(3)21-13(4)10-18)16(19)17-8-14-6-5-7-20-14/h5-7,11-13,15H,8-10H2,1-4H3,(H,17,19)/t12-,13-,15+/m1/s1.